The zero-order valence-corrected chi connectivity index (χ0v) is 17.9. The molecule has 5 rings (SSSR count). The van der Waals surface area contributed by atoms with Crippen molar-refractivity contribution in [2.24, 2.45) is 16.7 Å². The maximum absolute atomic E-state index is 13.8. The molecule has 8 heteroatoms. The van der Waals surface area contributed by atoms with Crippen LogP contribution < -0.4 is 0 Å². The summed E-state index contributed by atoms with van der Waals surface area (Å²) in [5.41, 5.74) is -5.10. The number of rotatable bonds is 1. The van der Waals surface area contributed by atoms with Gasteiger partial charge in [0.05, 0.1) is 11.8 Å². The fraction of sp³-hybridized carbons (Fsp3) is 0.818. The third kappa shape index (κ3) is 2.06. The van der Waals surface area contributed by atoms with Gasteiger partial charge in [-0.3, -0.25) is 19.2 Å². The maximum Gasteiger partial charge on any atom is 0.312 e. The highest BCUT2D eigenvalue weighted by atomic mass is 16.6. The van der Waals surface area contributed by atoms with Gasteiger partial charge in [0.2, 0.25) is 5.78 Å². The Kier molecular flexibility index (Phi) is 3.75. The first kappa shape index (κ1) is 20.0. The highest BCUT2D eigenvalue weighted by molar-refractivity contribution is 6.00. The standard InChI is InChI=1S/C22H28O8/c1-12(23)29-20(4)16(25)14-15-18(2,17(26)28-14)6-5-7-19(15,3)22(20)9-8-21(30-22)10-13(24)27-11-21/h14-15H,5-11H2,1-4H3/t14-,15-,18-,19-,20-,21+,22-/m0/s1. The summed E-state index contributed by atoms with van der Waals surface area (Å²) < 4.78 is 23.4. The van der Waals surface area contributed by atoms with Gasteiger partial charge >= 0.3 is 17.9 Å². The van der Waals surface area contributed by atoms with E-state index in [-0.39, 0.29) is 30.9 Å². The monoisotopic (exact) mass is 420 g/mol. The molecular weight excluding hydrogens is 392 g/mol. The van der Waals surface area contributed by atoms with Crippen molar-refractivity contribution >= 4 is 23.7 Å². The molecule has 0 bridgehead atoms. The SMILES string of the molecule is CC(=O)O[C@@]1(C)C(=O)[C@H]2OC(=O)[C@@]3(C)CCC[C@@](C)([C@@H]23)[C@@]12CC[C@@]1(COC(=O)C1)O2. The van der Waals surface area contributed by atoms with Gasteiger partial charge < -0.3 is 18.9 Å². The van der Waals surface area contributed by atoms with Crippen molar-refractivity contribution in [3.8, 4) is 0 Å². The summed E-state index contributed by atoms with van der Waals surface area (Å²) in [5.74, 6) is -2.11. The minimum atomic E-state index is -1.63. The van der Waals surface area contributed by atoms with Crippen LogP contribution in [-0.4, -0.2) is 53.2 Å². The first-order chi connectivity index (χ1) is 13.9. The normalized spacial score (nSPS) is 51.8. The number of cyclic esters (lactones) is 1. The van der Waals surface area contributed by atoms with Crippen LogP contribution in [0.1, 0.15) is 66.2 Å². The predicted octanol–water partition coefficient (Wildman–Crippen LogP) is 1.86. The molecule has 7 atom stereocenters. The van der Waals surface area contributed by atoms with Crippen molar-refractivity contribution in [3.63, 3.8) is 0 Å². The smallest absolute Gasteiger partial charge is 0.312 e. The van der Waals surface area contributed by atoms with Crippen LogP contribution in [0.25, 0.3) is 0 Å². The predicted molar refractivity (Wildman–Crippen MR) is 100.0 cm³/mol. The van der Waals surface area contributed by atoms with Crippen LogP contribution in [0.15, 0.2) is 0 Å². The lowest BCUT2D eigenvalue weighted by Crippen LogP contribution is -2.77. The van der Waals surface area contributed by atoms with Gasteiger partial charge in [-0.1, -0.05) is 13.3 Å². The number of hydrogen-bond donors (Lipinski definition) is 0. The second-order valence-electron chi connectivity index (χ2n) is 10.4. The van der Waals surface area contributed by atoms with E-state index in [4.69, 9.17) is 18.9 Å². The number of carbonyl (C=O) groups excluding carboxylic acids is 4. The van der Waals surface area contributed by atoms with Gasteiger partial charge in [0.15, 0.2) is 11.7 Å². The molecule has 30 heavy (non-hydrogen) atoms. The molecule has 2 saturated carbocycles. The molecule has 3 aliphatic heterocycles. The van der Waals surface area contributed by atoms with E-state index in [0.29, 0.717) is 25.7 Å². The summed E-state index contributed by atoms with van der Waals surface area (Å²) in [6, 6.07) is 0. The Bertz CT molecular complexity index is 882. The van der Waals surface area contributed by atoms with E-state index in [1.807, 2.05) is 13.8 Å². The molecule has 2 spiro atoms. The number of hydrogen-bond acceptors (Lipinski definition) is 8. The van der Waals surface area contributed by atoms with Gasteiger partial charge in [-0.2, -0.15) is 0 Å². The lowest BCUT2D eigenvalue weighted by molar-refractivity contribution is -0.288. The molecule has 0 aromatic rings. The average molecular weight is 420 g/mol. The Hall–Kier alpha value is -1.96. The summed E-state index contributed by atoms with van der Waals surface area (Å²) in [5, 5.41) is 0. The van der Waals surface area contributed by atoms with E-state index in [1.165, 1.54) is 6.92 Å². The van der Waals surface area contributed by atoms with Gasteiger partial charge in [0.25, 0.3) is 0 Å². The van der Waals surface area contributed by atoms with Crippen molar-refractivity contribution in [1.29, 1.82) is 0 Å². The molecule has 0 N–H and O–H groups in total. The molecule has 2 aliphatic carbocycles. The van der Waals surface area contributed by atoms with Crippen LogP contribution >= 0.6 is 0 Å². The van der Waals surface area contributed by atoms with Crippen molar-refractivity contribution in [1.82, 2.24) is 0 Å². The molecule has 0 aromatic carbocycles. The first-order valence-corrected chi connectivity index (χ1v) is 10.7. The first-order valence-electron chi connectivity index (χ1n) is 10.7. The molecule has 8 nitrogen and oxygen atoms in total. The van der Waals surface area contributed by atoms with Gasteiger partial charge in [-0.15, -0.1) is 0 Å². The highest BCUT2D eigenvalue weighted by Crippen LogP contribution is 2.71. The Morgan fingerprint density at radius 1 is 1.07 bits per heavy atom. The number of ether oxygens (including phenoxy) is 4. The molecule has 0 aromatic heterocycles. The number of carbonyl (C=O) groups is 4. The number of esters is 3. The lowest BCUT2D eigenvalue weighted by Gasteiger charge is -2.64. The summed E-state index contributed by atoms with van der Waals surface area (Å²) in [4.78, 5) is 50.8. The van der Waals surface area contributed by atoms with E-state index >= 15 is 0 Å². The van der Waals surface area contributed by atoms with E-state index in [2.05, 4.69) is 0 Å². The molecule has 5 aliphatic rings. The van der Waals surface area contributed by atoms with E-state index in [0.717, 1.165) is 6.42 Å². The van der Waals surface area contributed by atoms with Crippen molar-refractivity contribution in [2.75, 3.05) is 6.61 Å². The van der Waals surface area contributed by atoms with Gasteiger partial charge in [0.1, 0.15) is 17.8 Å². The Balaban J connectivity index is 1.71. The van der Waals surface area contributed by atoms with Gasteiger partial charge in [0, 0.05) is 18.3 Å². The lowest BCUT2D eigenvalue weighted by atomic mass is 9.42. The number of fused-ring (bicyclic) bond motifs is 1. The van der Waals surface area contributed by atoms with Crippen molar-refractivity contribution in [2.45, 2.75) is 89.1 Å². The topological polar surface area (TPSA) is 105 Å². The molecule has 0 amide bonds. The van der Waals surface area contributed by atoms with Crippen LogP contribution in [0.5, 0.6) is 0 Å². The largest absolute Gasteiger partial charge is 0.463 e. The van der Waals surface area contributed by atoms with Gasteiger partial charge in [-0.05, 0) is 39.5 Å². The molecule has 3 heterocycles. The minimum absolute atomic E-state index is 0.107. The van der Waals surface area contributed by atoms with Crippen LogP contribution in [0.4, 0.5) is 0 Å². The Labute approximate surface area is 174 Å². The molecule has 5 fully saturated rings. The van der Waals surface area contributed by atoms with Crippen molar-refractivity contribution < 1.29 is 38.1 Å². The zero-order valence-electron chi connectivity index (χ0n) is 17.9. The molecule has 164 valence electrons. The summed E-state index contributed by atoms with van der Waals surface area (Å²) >= 11 is 0. The second kappa shape index (κ2) is 5.64. The van der Waals surface area contributed by atoms with Crippen molar-refractivity contribution in [3.05, 3.63) is 0 Å². The Morgan fingerprint density at radius 3 is 2.43 bits per heavy atom. The van der Waals surface area contributed by atoms with E-state index in [1.54, 1.807) is 6.92 Å². The minimum Gasteiger partial charge on any atom is -0.463 e. The van der Waals surface area contributed by atoms with Crippen LogP contribution in [-0.2, 0) is 38.1 Å². The fourth-order valence-electron chi connectivity index (χ4n) is 7.56. The zero-order chi connectivity index (χ0) is 21.7. The average Bonchev–Trinajstić information content (AvgIpc) is 3.29. The summed E-state index contributed by atoms with van der Waals surface area (Å²) in [7, 11) is 0. The molecular formula is C22H28O8. The van der Waals surface area contributed by atoms with Gasteiger partial charge in [-0.25, -0.2) is 0 Å². The second-order valence-corrected chi connectivity index (χ2v) is 10.4. The summed E-state index contributed by atoms with van der Waals surface area (Å²) in [6.45, 7) is 6.88. The Morgan fingerprint density at radius 2 is 1.80 bits per heavy atom. The van der Waals surface area contributed by atoms with E-state index < -0.39 is 45.5 Å². The van der Waals surface area contributed by atoms with Crippen LogP contribution in [0.2, 0.25) is 0 Å². The maximum atomic E-state index is 13.8. The quantitative estimate of drug-likeness (QED) is 0.468. The number of ketones is 1. The fourth-order valence-corrected chi connectivity index (χ4v) is 7.56. The number of Topliss-reactive ketones (excluding diaryl/α,β-unsaturated/α-hetero) is 1. The summed E-state index contributed by atoms with van der Waals surface area (Å²) in [6.07, 6.45) is 2.20. The third-order valence-corrected chi connectivity index (χ3v) is 8.82. The highest BCUT2D eigenvalue weighted by Gasteiger charge is 2.82. The molecule has 0 unspecified atom stereocenters. The van der Waals surface area contributed by atoms with Crippen LogP contribution in [0, 0.1) is 16.7 Å². The van der Waals surface area contributed by atoms with Crippen LogP contribution in [0.3, 0.4) is 0 Å². The van der Waals surface area contributed by atoms with E-state index in [9.17, 15) is 19.2 Å². The molecule has 0 radical (unpaired) electrons. The third-order valence-electron chi connectivity index (χ3n) is 8.82. The molecule has 3 saturated heterocycles.